The fraction of sp³-hybridized carbons (Fsp3) is 0.333. The number of benzene rings is 2. The number of ketones is 1. The molecule has 0 bridgehead atoms. The number of rotatable bonds is 5. The molecule has 31 heavy (non-hydrogen) atoms. The molecule has 7 heteroatoms. The Labute approximate surface area is 198 Å². The number of carbonyl (C=O) groups excluding carboxylic acids is 2. The van der Waals surface area contributed by atoms with E-state index in [0.29, 0.717) is 34.6 Å². The molecule has 0 aliphatic carbocycles. The third kappa shape index (κ3) is 3.89. The molecule has 3 aromatic rings. The molecule has 0 saturated carbocycles. The number of aromatic nitrogens is 1. The lowest BCUT2D eigenvalue weighted by Crippen LogP contribution is -2.12. The SMILES string of the molecule is COC(=O)C[C@H]1CCn2c1c(C(=O)c1ccc(Cl)cc1I)c1c(C(C)C)cc(F)cc12. The molecule has 0 unspecified atom stereocenters. The predicted octanol–water partition coefficient (Wildman–Crippen LogP) is 6.44. The van der Waals surface area contributed by atoms with Crippen molar-refractivity contribution >= 4 is 56.8 Å². The van der Waals surface area contributed by atoms with Crippen LogP contribution in [0.25, 0.3) is 10.9 Å². The van der Waals surface area contributed by atoms with E-state index in [1.54, 1.807) is 18.2 Å². The monoisotopic (exact) mass is 553 g/mol. The Bertz CT molecular complexity index is 1220. The van der Waals surface area contributed by atoms with Crippen LogP contribution in [0.1, 0.15) is 65.7 Å². The molecule has 0 fully saturated rings. The van der Waals surface area contributed by atoms with Crippen LogP contribution in [0.2, 0.25) is 5.02 Å². The van der Waals surface area contributed by atoms with Gasteiger partial charge in [-0.1, -0.05) is 25.4 Å². The van der Waals surface area contributed by atoms with Gasteiger partial charge in [-0.2, -0.15) is 0 Å². The van der Waals surface area contributed by atoms with Gasteiger partial charge in [0.05, 0.1) is 24.6 Å². The first-order valence-corrected chi connectivity index (χ1v) is 11.6. The van der Waals surface area contributed by atoms with Crippen molar-refractivity contribution in [3.63, 3.8) is 0 Å². The standard InChI is InChI=1S/C24H22ClFINO3/c1-12(2)17-10-15(26)11-19-21(17)22(24(30)16-5-4-14(25)9-18(16)27)23-13(6-7-28(19)23)8-20(29)31-3/h4-5,9-13H,6-8H2,1-3H3/t13-/m1/s1. The summed E-state index contributed by atoms with van der Waals surface area (Å²) in [5.74, 6) is -0.917. The van der Waals surface area contributed by atoms with Gasteiger partial charge in [-0.05, 0) is 70.8 Å². The number of halogens is 3. The number of ether oxygens (including phenoxy) is 1. The molecule has 0 radical (unpaired) electrons. The molecule has 0 amide bonds. The second-order valence-electron chi connectivity index (χ2n) is 8.17. The van der Waals surface area contributed by atoms with Gasteiger partial charge in [0.15, 0.2) is 5.78 Å². The summed E-state index contributed by atoms with van der Waals surface area (Å²) in [6.07, 6.45) is 0.885. The minimum Gasteiger partial charge on any atom is -0.469 e. The first-order chi connectivity index (χ1) is 14.7. The highest BCUT2D eigenvalue weighted by molar-refractivity contribution is 14.1. The van der Waals surface area contributed by atoms with E-state index in [2.05, 4.69) is 22.6 Å². The summed E-state index contributed by atoms with van der Waals surface area (Å²) >= 11 is 8.21. The average molecular weight is 554 g/mol. The minimum absolute atomic E-state index is 0.0243. The predicted molar refractivity (Wildman–Crippen MR) is 128 cm³/mol. The van der Waals surface area contributed by atoms with Gasteiger partial charge in [-0.3, -0.25) is 9.59 Å². The van der Waals surface area contributed by atoms with Crippen molar-refractivity contribution in [2.75, 3.05) is 7.11 Å². The molecule has 162 valence electrons. The van der Waals surface area contributed by atoms with Gasteiger partial charge >= 0.3 is 5.97 Å². The zero-order chi connectivity index (χ0) is 22.4. The molecule has 1 aromatic heterocycles. The Hall–Kier alpha value is -1.93. The normalized spacial score (nSPS) is 15.5. The van der Waals surface area contributed by atoms with E-state index in [-0.39, 0.29) is 35.8 Å². The summed E-state index contributed by atoms with van der Waals surface area (Å²) in [6, 6.07) is 8.19. The fourth-order valence-corrected chi connectivity index (χ4v) is 5.67. The first kappa shape index (κ1) is 22.3. The fourth-order valence-electron chi connectivity index (χ4n) is 4.55. The van der Waals surface area contributed by atoms with Crippen LogP contribution >= 0.6 is 34.2 Å². The lowest BCUT2D eigenvalue weighted by molar-refractivity contribution is -0.141. The second kappa shape index (κ2) is 8.54. The summed E-state index contributed by atoms with van der Waals surface area (Å²) in [7, 11) is 1.36. The second-order valence-corrected chi connectivity index (χ2v) is 9.77. The zero-order valence-corrected chi connectivity index (χ0v) is 20.4. The topological polar surface area (TPSA) is 48.3 Å². The van der Waals surface area contributed by atoms with Crippen LogP contribution in [-0.2, 0) is 16.1 Å². The summed E-state index contributed by atoms with van der Waals surface area (Å²) in [5.41, 5.74) is 3.40. The van der Waals surface area contributed by atoms with Gasteiger partial charge in [0.1, 0.15) is 5.82 Å². The zero-order valence-electron chi connectivity index (χ0n) is 17.5. The van der Waals surface area contributed by atoms with E-state index >= 15 is 0 Å². The molecule has 4 nitrogen and oxygen atoms in total. The number of hydrogen-bond donors (Lipinski definition) is 0. The summed E-state index contributed by atoms with van der Waals surface area (Å²) in [5, 5.41) is 1.33. The molecule has 0 spiro atoms. The summed E-state index contributed by atoms with van der Waals surface area (Å²) in [6.45, 7) is 4.60. The summed E-state index contributed by atoms with van der Waals surface area (Å²) in [4.78, 5) is 26.0. The Morgan fingerprint density at radius 2 is 2.03 bits per heavy atom. The average Bonchev–Trinajstić information content (AvgIpc) is 3.25. The van der Waals surface area contributed by atoms with Gasteiger partial charge in [0.2, 0.25) is 0 Å². The Morgan fingerprint density at radius 3 is 2.68 bits per heavy atom. The molecule has 0 saturated heterocycles. The van der Waals surface area contributed by atoms with Crippen LogP contribution in [0, 0.1) is 9.39 Å². The van der Waals surface area contributed by atoms with Crippen LogP contribution < -0.4 is 0 Å². The molecule has 0 N–H and O–H groups in total. The van der Waals surface area contributed by atoms with Crippen LogP contribution in [0.5, 0.6) is 0 Å². The van der Waals surface area contributed by atoms with Gasteiger partial charge in [0.25, 0.3) is 0 Å². The van der Waals surface area contributed by atoms with Crippen LogP contribution in [-0.4, -0.2) is 23.4 Å². The molecule has 2 heterocycles. The quantitative estimate of drug-likeness (QED) is 0.207. The number of esters is 1. The highest BCUT2D eigenvalue weighted by atomic mass is 127. The van der Waals surface area contributed by atoms with E-state index in [9.17, 15) is 14.0 Å². The molecule has 1 atom stereocenters. The van der Waals surface area contributed by atoms with Crippen molar-refractivity contribution < 1.29 is 18.7 Å². The number of methoxy groups -OCH3 is 1. The number of aryl methyl sites for hydroxylation is 1. The third-order valence-corrected chi connectivity index (χ3v) is 7.08. The van der Waals surface area contributed by atoms with E-state index in [0.717, 1.165) is 20.2 Å². The van der Waals surface area contributed by atoms with Crippen molar-refractivity contribution in [1.29, 1.82) is 0 Å². The number of carbonyl (C=O) groups is 2. The first-order valence-electron chi connectivity index (χ1n) is 10.1. The van der Waals surface area contributed by atoms with Gasteiger partial charge < -0.3 is 9.30 Å². The van der Waals surface area contributed by atoms with Gasteiger partial charge in [-0.25, -0.2) is 4.39 Å². The van der Waals surface area contributed by atoms with Crippen molar-refractivity contribution in [2.24, 2.45) is 0 Å². The van der Waals surface area contributed by atoms with Crippen molar-refractivity contribution in [2.45, 2.75) is 45.1 Å². The molecular formula is C24H22ClFINO3. The number of hydrogen-bond acceptors (Lipinski definition) is 3. The Balaban J connectivity index is 2.03. The molecule has 1 aliphatic rings. The maximum absolute atomic E-state index is 14.5. The molecule has 1 aliphatic heterocycles. The van der Waals surface area contributed by atoms with Gasteiger partial charge in [-0.15, -0.1) is 0 Å². The lowest BCUT2D eigenvalue weighted by Gasteiger charge is -2.14. The summed E-state index contributed by atoms with van der Waals surface area (Å²) < 4.78 is 22.2. The van der Waals surface area contributed by atoms with Crippen molar-refractivity contribution in [1.82, 2.24) is 4.57 Å². The van der Waals surface area contributed by atoms with Crippen molar-refractivity contribution in [3.8, 4) is 0 Å². The maximum atomic E-state index is 14.5. The van der Waals surface area contributed by atoms with E-state index < -0.39 is 0 Å². The lowest BCUT2D eigenvalue weighted by atomic mass is 9.88. The Morgan fingerprint density at radius 1 is 1.29 bits per heavy atom. The minimum atomic E-state index is -0.326. The van der Waals surface area contributed by atoms with Crippen molar-refractivity contribution in [3.05, 3.63) is 67.1 Å². The third-order valence-electron chi connectivity index (χ3n) is 5.95. The number of fused-ring (bicyclic) bond motifs is 3. The van der Waals surface area contributed by atoms with Crippen LogP contribution in [0.15, 0.2) is 30.3 Å². The smallest absolute Gasteiger partial charge is 0.306 e. The highest BCUT2D eigenvalue weighted by Gasteiger charge is 2.36. The van der Waals surface area contributed by atoms with Crippen LogP contribution in [0.4, 0.5) is 4.39 Å². The van der Waals surface area contributed by atoms with E-state index in [1.165, 1.54) is 19.2 Å². The van der Waals surface area contributed by atoms with Gasteiger partial charge in [0, 0.05) is 37.7 Å². The van der Waals surface area contributed by atoms with E-state index in [4.69, 9.17) is 16.3 Å². The number of nitrogens with zero attached hydrogens (tertiary/aromatic N) is 1. The van der Waals surface area contributed by atoms with Crippen LogP contribution in [0.3, 0.4) is 0 Å². The molecule has 2 aromatic carbocycles. The molecular weight excluding hydrogens is 532 g/mol. The molecule has 4 rings (SSSR count). The highest BCUT2D eigenvalue weighted by Crippen LogP contribution is 2.44. The largest absolute Gasteiger partial charge is 0.469 e. The maximum Gasteiger partial charge on any atom is 0.306 e. The van der Waals surface area contributed by atoms with E-state index in [1.807, 2.05) is 18.4 Å². The Kier molecular flexibility index (Phi) is 6.14.